The van der Waals surface area contributed by atoms with E-state index in [9.17, 15) is 0 Å². The lowest BCUT2D eigenvalue weighted by Gasteiger charge is -2.26. The van der Waals surface area contributed by atoms with E-state index in [-0.39, 0.29) is 0 Å². The van der Waals surface area contributed by atoms with Crippen molar-refractivity contribution in [2.45, 2.75) is 0 Å². The molecule has 0 aromatic heterocycles. The summed E-state index contributed by atoms with van der Waals surface area (Å²) >= 11 is 0. The molecule has 0 unspecified atom stereocenters. The van der Waals surface area contributed by atoms with Gasteiger partial charge in [-0.05, 0) is 189 Å². The lowest BCUT2D eigenvalue weighted by atomic mass is 9.81. The SMILES string of the molecule is c1ccc(-c2cc(-c3ccc(N(c4ccccc4)c4ccccc4)cc3)c3c4ccccc4c4cc(-c5cc6ccccc6c6ccccc56)ccc4c3c2-c2ccc(N(c3ccccc3)c3ccccc3)cc2)cc1. The summed E-state index contributed by atoms with van der Waals surface area (Å²) in [6.07, 6.45) is 0. The summed E-state index contributed by atoms with van der Waals surface area (Å²) in [5.41, 5.74) is 16.1. The first-order valence-corrected chi connectivity index (χ1v) is 26.2. The zero-order chi connectivity index (χ0) is 50.4. The summed E-state index contributed by atoms with van der Waals surface area (Å²) < 4.78 is 0. The van der Waals surface area contributed by atoms with Gasteiger partial charge in [0, 0.05) is 34.1 Å². The molecule has 14 aromatic carbocycles. The van der Waals surface area contributed by atoms with Gasteiger partial charge in [0.05, 0.1) is 0 Å². The van der Waals surface area contributed by atoms with E-state index < -0.39 is 0 Å². The molecule has 0 saturated carbocycles. The Morgan fingerprint density at radius 2 is 0.566 bits per heavy atom. The molecule has 0 spiro atoms. The lowest BCUT2D eigenvalue weighted by molar-refractivity contribution is 1.28. The minimum Gasteiger partial charge on any atom is -0.311 e. The summed E-state index contributed by atoms with van der Waals surface area (Å²) in [6, 6.07) is 111. The lowest BCUT2D eigenvalue weighted by Crippen LogP contribution is -2.09. The van der Waals surface area contributed by atoms with Gasteiger partial charge in [0.1, 0.15) is 0 Å². The second-order valence-electron chi connectivity index (χ2n) is 19.6. The maximum atomic E-state index is 2.47. The smallest absolute Gasteiger partial charge is 0.0462 e. The predicted octanol–water partition coefficient (Wildman–Crippen LogP) is 21.1. The first kappa shape index (κ1) is 44.7. The topological polar surface area (TPSA) is 6.48 Å². The summed E-state index contributed by atoms with van der Waals surface area (Å²) in [6.45, 7) is 0. The molecule has 14 rings (SSSR count). The zero-order valence-electron chi connectivity index (χ0n) is 41.8. The Balaban J connectivity index is 1.05. The Kier molecular flexibility index (Phi) is 11.2. The number of benzene rings is 14. The van der Waals surface area contributed by atoms with Crippen LogP contribution in [-0.2, 0) is 0 Å². The molecule has 0 aliphatic carbocycles. The van der Waals surface area contributed by atoms with Gasteiger partial charge in [-0.15, -0.1) is 0 Å². The fraction of sp³-hybridized carbons (Fsp3) is 0. The van der Waals surface area contributed by atoms with Crippen molar-refractivity contribution in [2.24, 2.45) is 0 Å². The Labute approximate surface area is 443 Å². The fourth-order valence-electron chi connectivity index (χ4n) is 11.8. The molecular formula is C74H50N2. The number of rotatable bonds is 10. The van der Waals surface area contributed by atoms with Gasteiger partial charge in [0.25, 0.3) is 0 Å². The van der Waals surface area contributed by atoms with E-state index in [1.807, 2.05) is 0 Å². The number of hydrogen-bond acceptors (Lipinski definition) is 2. The third-order valence-corrected chi connectivity index (χ3v) is 15.2. The van der Waals surface area contributed by atoms with Gasteiger partial charge in [-0.1, -0.05) is 212 Å². The molecule has 2 heteroatoms. The summed E-state index contributed by atoms with van der Waals surface area (Å²) in [7, 11) is 0. The van der Waals surface area contributed by atoms with Crippen LogP contribution in [0.2, 0.25) is 0 Å². The molecule has 0 bridgehead atoms. The van der Waals surface area contributed by atoms with Crippen LogP contribution in [0.15, 0.2) is 303 Å². The van der Waals surface area contributed by atoms with Gasteiger partial charge in [-0.3, -0.25) is 0 Å². The molecule has 0 amide bonds. The van der Waals surface area contributed by atoms with Crippen LogP contribution >= 0.6 is 0 Å². The first-order valence-electron chi connectivity index (χ1n) is 26.2. The van der Waals surface area contributed by atoms with Crippen molar-refractivity contribution in [3.8, 4) is 44.5 Å². The Bertz CT molecular complexity index is 4330. The number of nitrogens with zero attached hydrogens (tertiary/aromatic N) is 2. The van der Waals surface area contributed by atoms with Crippen molar-refractivity contribution in [1.29, 1.82) is 0 Å². The third kappa shape index (κ3) is 7.83. The average molecular weight is 967 g/mol. The van der Waals surface area contributed by atoms with E-state index >= 15 is 0 Å². The van der Waals surface area contributed by atoms with Crippen LogP contribution in [0.4, 0.5) is 34.1 Å². The molecule has 0 N–H and O–H groups in total. The van der Waals surface area contributed by atoms with Crippen LogP contribution < -0.4 is 9.80 Å². The highest BCUT2D eigenvalue weighted by molar-refractivity contribution is 6.33. The van der Waals surface area contributed by atoms with E-state index in [2.05, 4.69) is 313 Å². The first-order chi connectivity index (χ1) is 37.7. The third-order valence-electron chi connectivity index (χ3n) is 15.2. The van der Waals surface area contributed by atoms with Gasteiger partial charge in [-0.2, -0.15) is 0 Å². The van der Waals surface area contributed by atoms with Gasteiger partial charge >= 0.3 is 0 Å². The highest BCUT2D eigenvalue weighted by atomic mass is 15.1. The van der Waals surface area contributed by atoms with Crippen molar-refractivity contribution >= 4 is 88.0 Å². The second kappa shape index (κ2) is 19.1. The largest absolute Gasteiger partial charge is 0.311 e. The molecule has 2 nitrogen and oxygen atoms in total. The van der Waals surface area contributed by atoms with Crippen LogP contribution in [0.3, 0.4) is 0 Å². The van der Waals surface area contributed by atoms with Crippen LogP contribution in [0, 0.1) is 0 Å². The van der Waals surface area contributed by atoms with E-state index in [0.29, 0.717) is 0 Å². The molecule has 0 heterocycles. The van der Waals surface area contributed by atoms with E-state index in [1.165, 1.54) is 81.7 Å². The highest BCUT2D eigenvalue weighted by Gasteiger charge is 2.24. The maximum Gasteiger partial charge on any atom is 0.0462 e. The minimum absolute atomic E-state index is 1.09. The minimum atomic E-state index is 1.09. The molecule has 0 atom stereocenters. The number of para-hydroxylation sites is 4. The van der Waals surface area contributed by atoms with E-state index in [0.717, 1.165) is 50.8 Å². The molecule has 356 valence electrons. The van der Waals surface area contributed by atoms with Crippen LogP contribution in [0.25, 0.3) is 98.4 Å². The second-order valence-corrected chi connectivity index (χ2v) is 19.6. The molecule has 0 aliphatic rings. The van der Waals surface area contributed by atoms with Crippen molar-refractivity contribution in [1.82, 2.24) is 0 Å². The summed E-state index contributed by atoms with van der Waals surface area (Å²) in [5.74, 6) is 0. The summed E-state index contributed by atoms with van der Waals surface area (Å²) in [4.78, 5) is 4.67. The van der Waals surface area contributed by atoms with Gasteiger partial charge in [0.15, 0.2) is 0 Å². The zero-order valence-corrected chi connectivity index (χ0v) is 41.8. The van der Waals surface area contributed by atoms with Crippen LogP contribution in [0.1, 0.15) is 0 Å². The van der Waals surface area contributed by atoms with Crippen molar-refractivity contribution in [3.63, 3.8) is 0 Å². The number of fused-ring (bicyclic) bond motifs is 9. The van der Waals surface area contributed by atoms with Gasteiger partial charge in [-0.25, -0.2) is 0 Å². The summed E-state index contributed by atoms with van der Waals surface area (Å²) in [5, 5.41) is 12.4. The average Bonchev–Trinajstić information content (AvgIpc) is 3.63. The quantitative estimate of drug-likeness (QED) is 0.126. The van der Waals surface area contributed by atoms with E-state index in [4.69, 9.17) is 0 Å². The highest BCUT2D eigenvalue weighted by Crippen LogP contribution is 2.51. The van der Waals surface area contributed by atoms with Crippen molar-refractivity contribution in [2.75, 3.05) is 9.80 Å². The van der Waals surface area contributed by atoms with Gasteiger partial charge < -0.3 is 9.80 Å². The normalized spacial score (nSPS) is 11.4. The molecule has 0 aliphatic heterocycles. The Morgan fingerprint density at radius 1 is 0.184 bits per heavy atom. The molecule has 14 aromatic rings. The molecule has 0 saturated heterocycles. The van der Waals surface area contributed by atoms with Crippen molar-refractivity contribution in [3.05, 3.63) is 303 Å². The molecule has 76 heavy (non-hydrogen) atoms. The fourth-order valence-corrected chi connectivity index (χ4v) is 11.8. The number of anilines is 6. The predicted molar refractivity (Wildman–Crippen MR) is 325 cm³/mol. The number of hydrogen-bond donors (Lipinski definition) is 0. The molecule has 0 radical (unpaired) electrons. The van der Waals surface area contributed by atoms with Gasteiger partial charge in [0.2, 0.25) is 0 Å². The van der Waals surface area contributed by atoms with Crippen molar-refractivity contribution < 1.29 is 0 Å². The van der Waals surface area contributed by atoms with E-state index in [1.54, 1.807) is 0 Å². The van der Waals surface area contributed by atoms with Crippen LogP contribution in [0.5, 0.6) is 0 Å². The Morgan fingerprint density at radius 3 is 1.11 bits per heavy atom. The Hall–Kier alpha value is -10.0. The standard InChI is InChI=1S/C74H50N2/c1-6-22-51(23-7-1)69-50-70(52-38-43-60(44-39-52)75(56-25-8-2-9-26-56)57-27-10-3-11-28-57)73-66-37-21-20-36-65(66)71-49-55(68-48-54-24-16-17-33-62(54)63-34-18-19-35-64(63)68)42-47-67(71)74(73)72(69)53-40-45-61(46-41-53)76(58-29-12-4-13-30-58)59-31-14-5-15-32-59/h1-50H. The monoisotopic (exact) mass is 966 g/mol. The van der Waals surface area contributed by atoms with Crippen LogP contribution in [-0.4, -0.2) is 0 Å². The molecular weight excluding hydrogens is 917 g/mol. The molecule has 0 fully saturated rings. The maximum absolute atomic E-state index is 2.47.